The zero-order chi connectivity index (χ0) is 13.1. The number of rotatable bonds is 5. The SMILES string of the molecule is COC(=O)C(CC(C)C)NC1CCN2CCCC12. The summed E-state index contributed by atoms with van der Waals surface area (Å²) in [6.07, 6.45) is 4.59. The third-order valence-electron chi connectivity index (χ3n) is 4.21. The van der Waals surface area contributed by atoms with Crippen molar-refractivity contribution >= 4 is 5.97 Å². The lowest BCUT2D eigenvalue weighted by atomic mass is 10.0. The average Bonchev–Trinajstić information content (AvgIpc) is 2.91. The molecule has 0 aromatic rings. The van der Waals surface area contributed by atoms with Gasteiger partial charge in [0.05, 0.1) is 7.11 Å². The maximum atomic E-state index is 11.8. The standard InChI is InChI=1S/C14H26N2O2/c1-10(2)9-12(14(17)18-3)15-11-6-8-16-7-4-5-13(11)16/h10-13,15H,4-9H2,1-3H3. The molecule has 0 aromatic heterocycles. The maximum Gasteiger partial charge on any atom is 0.322 e. The van der Waals surface area contributed by atoms with Crippen LogP contribution in [0.4, 0.5) is 0 Å². The Hall–Kier alpha value is -0.610. The molecule has 1 N–H and O–H groups in total. The van der Waals surface area contributed by atoms with Crippen molar-refractivity contribution in [3.63, 3.8) is 0 Å². The van der Waals surface area contributed by atoms with Crippen molar-refractivity contribution in [3.05, 3.63) is 0 Å². The van der Waals surface area contributed by atoms with Gasteiger partial charge in [-0.05, 0) is 38.1 Å². The Kier molecular flexibility index (Phi) is 4.62. The number of carbonyl (C=O) groups is 1. The van der Waals surface area contributed by atoms with Gasteiger partial charge in [0.25, 0.3) is 0 Å². The monoisotopic (exact) mass is 254 g/mol. The fraction of sp³-hybridized carbons (Fsp3) is 0.929. The van der Waals surface area contributed by atoms with Crippen molar-refractivity contribution in [2.24, 2.45) is 5.92 Å². The topological polar surface area (TPSA) is 41.6 Å². The summed E-state index contributed by atoms with van der Waals surface area (Å²) in [4.78, 5) is 14.4. The summed E-state index contributed by atoms with van der Waals surface area (Å²) in [5, 5.41) is 3.55. The molecule has 3 atom stereocenters. The van der Waals surface area contributed by atoms with Crippen LogP contribution in [0.15, 0.2) is 0 Å². The minimum Gasteiger partial charge on any atom is -0.468 e. The number of esters is 1. The van der Waals surface area contributed by atoms with E-state index in [0.29, 0.717) is 18.0 Å². The van der Waals surface area contributed by atoms with Crippen LogP contribution >= 0.6 is 0 Å². The van der Waals surface area contributed by atoms with Crippen molar-refractivity contribution in [1.29, 1.82) is 0 Å². The summed E-state index contributed by atoms with van der Waals surface area (Å²) in [6, 6.07) is 0.972. The second-order valence-corrected chi connectivity index (χ2v) is 6.01. The molecule has 4 heteroatoms. The summed E-state index contributed by atoms with van der Waals surface area (Å²) in [5.74, 6) is 0.392. The highest BCUT2D eigenvalue weighted by atomic mass is 16.5. The molecular formula is C14H26N2O2. The summed E-state index contributed by atoms with van der Waals surface area (Å²) >= 11 is 0. The average molecular weight is 254 g/mol. The Balaban J connectivity index is 1.93. The first-order chi connectivity index (χ1) is 8.61. The second-order valence-electron chi connectivity index (χ2n) is 6.01. The van der Waals surface area contributed by atoms with Crippen molar-refractivity contribution in [2.45, 2.75) is 57.7 Å². The normalized spacial score (nSPS) is 29.6. The summed E-state index contributed by atoms with van der Waals surface area (Å²) in [6.45, 7) is 6.70. The summed E-state index contributed by atoms with van der Waals surface area (Å²) in [5.41, 5.74) is 0. The first kappa shape index (κ1) is 13.8. The number of hydrogen-bond acceptors (Lipinski definition) is 4. The molecule has 0 bridgehead atoms. The molecule has 0 saturated carbocycles. The van der Waals surface area contributed by atoms with Gasteiger partial charge in [-0.1, -0.05) is 13.8 Å². The predicted molar refractivity (Wildman–Crippen MR) is 71.4 cm³/mol. The van der Waals surface area contributed by atoms with Gasteiger partial charge in [0, 0.05) is 18.6 Å². The van der Waals surface area contributed by atoms with Gasteiger partial charge in [0.15, 0.2) is 0 Å². The van der Waals surface area contributed by atoms with Crippen molar-refractivity contribution in [1.82, 2.24) is 10.2 Å². The molecule has 2 heterocycles. The third kappa shape index (κ3) is 3.04. The molecule has 2 aliphatic heterocycles. The molecular weight excluding hydrogens is 228 g/mol. The van der Waals surface area contributed by atoms with E-state index in [4.69, 9.17) is 4.74 Å². The van der Waals surface area contributed by atoms with Gasteiger partial charge in [-0.2, -0.15) is 0 Å². The lowest BCUT2D eigenvalue weighted by Crippen LogP contribution is -2.48. The number of methoxy groups -OCH3 is 1. The van der Waals surface area contributed by atoms with Crippen molar-refractivity contribution in [2.75, 3.05) is 20.2 Å². The molecule has 104 valence electrons. The number of nitrogens with one attached hydrogen (secondary N) is 1. The maximum absolute atomic E-state index is 11.8. The number of ether oxygens (including phenoxy) is 1. The smallest absolute Gasteiger partial charge is 0.322 e. The van der Waals surface area contributed by atoms with Gasteiger partial charge in [0.1, 0.15) is 6.04 Å². The highest BCUT2D eigenvalue weighted by molar-refractivity contribution is 5.75. The quantitative estimate of drug-likeness (QED) is 0.753. The van der Waals surface area contributed by atoms with E-state index < -0.39 is 0 Å². The zero-order valence-electron chi connectivity index (χ0n) is 11.8. The van der Waals surface area contributed by atoms with Crippen LogP contribution in [0.3, 0.4) is 0 Å². The first-order valence-corrected chi connectivity index (χ1v) is 7.19. The third-order valence-corrected chi connectivity index (χ3v) is 4.21. The number of fused-ring (bicyclic) bond motifs is 1. The zero-order valence-corrected chi connectivity index (χ0v) is 11.8. The van der Waals surface area contributed by atoms with E-state index in [-0.39, 0.29) is 12.0 Å². The van der Waals surface area contributed by atoms with E-state index in [1.165, 1.54) is 33.0 Å². The van der Waals surface area contributed by atoms with Gasteiger partial charge >= 0.3 is 5.97 Å². The predicted octanol–water partition coefficient (Wildman–Crippen LogP) is 1.40. The lowest BCUT2D eigenvalue weighted by Gasteiger charge is -2.26. The number of hydrogen-bond donors (Lipinski definition) is 1. The molecule has 2 rings (SSSR count). The molecule has 3 unspecified atom stereocenters. The van der Waals surface area contributed by atoms with Gasteiger partial charge in [-0.3, -0.25) is 15.0 Å². The molecule has 2 aliphatic rings. The van der Waals surface area contributed by atoms with E-state index in [2.05, 4.69) is 24.1 Å². The number of nitrogens with zero attached hydrogens (tertiary/aromatic N) is 1. The van der Waals surface area contributed by atoms with Gasteiger partial charge < -0.3 is 4.74 Å². The molecule has 4 nitrogen and oxygen atoms in total. The first-order valence-electron chi connectivity index (χ1n) is 7.19. The van der Waals surface area contributed by atoms with Crippen LogP contribution in [-0.2, 0) is 9.53 Å². The lowest BCUT2D eigenvalue weighted by molar-refractivity contribution is -0.143. The van der Waals surface area contributed by atoms with E-state index in [1.54, 1.807) is 0 Å². The molecule has 0 amide bonds. The summed E-state index contributed by atoms with van der Waals surface area (Å²) < 4.78 is 4.92. The minimum atomic E-state index is -0.138. The Morgan fingerprint density at radius 3 is 2.83 bits per heavy atom. The minimum absolute atomic E-state index is 0.111. The summed E-state index contributed by atoms with van der Waals surface area (Å²) in [7, 11) is 1.48. The Bertz CT molecular complexity index is 294. The second kappa shape index (κ2) is 6.02. The van der Waals surface area contributed by atoms with E-state index in [0.717, 1.165) is 12.8 Å². The highest BCUT2D eigenvalue weighted by Gasteiger charge is 2.38. The fourth-order valence-electron chi connectivity index (χ4n) is 3.38. The van der Waals surface area contributed by atoms with E-state index >= 15 is 0 Å². The van der Waals surface area contributed by atoms with Crippen LogP contribution in [0.25, 0.3) is 0 Å². The molecule has 0 aromatic carbocycles. The molecule has 2 saturated heterocycles. The fourth-order valence-corrected chi connectivity index (χ4v) is 3.38. The molecule has 18 heavy (non-hydrogen) atoms. The largest absolute Gasteiger partial charge is 0.468 e. The Morgan fingerprint density at radius 1 is 1.39 bits per heavy atom. The van der Waals surface area contributed by atoms with Crippen LogP contribution in [0.5, 0.6) is 0 Å². The molecule has 0 radical (unpaired) electrons. The Morgan fingerprint density at radius 2 is 2.17 bits per heavy atom. The number of carbonyl (C=O) groups excluding carboxylic acids is 1. The van der Waals surface area contributed by atoms with Gasteiger partial charge in [0.2, 0.25) is 0 Å². The van der Waals surface area contributed by atoms with E-state index in [9.17, 15) is 4.79 Å². The molecule has 2 fully saturated rings. The van der Waals surface area contributed by atoms with Crippen molar-refractivity contribution in [3.8, 4) is 0 Å². The highest BCUT2D eigenvalue weighted by Crippen LogP contribution is 2.28. The van der Waals surface area contributed by atoms with Gasteiger partial charge in [-0.25, -0.2) is 0 Å². The van der Waals surface area contributed by atoms with Crippen LogP contribution in [0.1, 0.15) is 39.5 Å². The van der Waals surface area contributed by atoms with Crippen LogP contribution in [-0.4, -0.2) is 49.2 Å². The van der Waals surface area contributed by atoms with E-state index in [1.807, 2.05) is 0 Å². The Labute approximate surface area is 110 Å². The molecule has 0 aliphatic carbocycles. The molecule has 0 spiro atoms. The van der Waals surface area contributed by atoms with Crippen LogP contribution < -0.4 is 5.32 Å². The van der Waals surface area contributed by atoms with Gasteiger partial charge in [-0.15, -0.1) is 0 Å². The van der Waals surface area contributed by atoms with Crippen LogP contribution in [0.2, 0.25) is 0 Å². The van der Waals surface area contributed by atoms with Crippen LogP contribution in [0, 0.1) is 5.92 Å². The van der Waals surface area contributed by atoms with Crippen molar-refractivity contribution < 1.29 is 9.53 Å².